The Labute approximate surface area is 465 Å². The average molecular weight is 1050 g/mol. The van der Waals surface area contributed by atoms with E-state index in [0.29, 0.717) is 19.3 Å². The number of esters is 3. The molecule has 0 aromatic heterocycles. The summed E-state index contributed by atoms with van der Waals surface area (Å²) in [7, 11) is 0. The van der Waals surface area contributed by atoms with Gasteiger partial charge < -0.3 is 14.2 Å². The minimum Gasteiger partial charge on any atom is -0.462 e. The van der Waals surface area contributed by atoms with Gasteiger partial charge in [0, 0.05) is 19.3 Å². The zero-order chi connectivity index (χ0) is 54.3. The summed E-state index contributed by atoms with van der Waals surface area (Å²) in [4.78, 5) is 38.3. The highest BCUT2D eigenvalue weighted by Crippen LogP contribution is 2.16. The van der Waals surface area contributed by atoms with Gasteiger partial charge in [0.1, 0.15) is 13.2 Å². The van der Waals surface area contributed by atoms with Crippen LogP contribution in [0.15, 0.2) is 85.1 Å². The lowest BCUT2D eigenvalue weighted by Gasteiger charge is -2.18. The first-order valence-corrected chi connectivity index (χ1v) is 32.1. The Bertz CT molecular complexity index is 1430. The number of carbonyl (C=O) groups is 3. The number of unbranched alkanes of at least 4 members (excludes halogenated alkanes) is 33. The molecule has 0 saturated heterocycles. The van der Waals surface area contributed by atoms with E-state index in [1.54, 1.807) is 0 Å². The minimum atomic E-state index is -0.786. The lowest BCUT2D eigenvalue weighted by atomic mass is 10.0. The summed E-state index contributed by atoms with van der Waals surface area (Å²) < 4.78 is 16.9. The minimum absolute atomic E-state index is 0.0836. The van der Waals surface area contributed by atoms with Gasteiger partial charge in [0.05, 0.1) is 0 Å². The summed E-state index contributed by atoms with van der Waals surface area (Å²) in [6.45, 7) is 6.50. The van der Waals surface area contributed by atoms with Gasteiger partial charge in [0.2, 0.25) is 0 Å². The molecule has 0 radical (unpaired) electrons. The zero-order valence-corrected chi connectivity index (χ0v) is 49.6. The number of ether oxygens (including phenoxy) is 3. The highest BCUT2D eigenvalue weighted by molar-refractivity contribution is 5.71. The maximum absolute atomic E-state index is 12.9. The van der Waals surface area contributed by atoms with Gasteiger partial charge in [-0.1, -0.05) is 273 Å². The van der Waals surface area contributed by atoms with Crippen molar-refractivity contribution < 1.29 is 28.6 Å². The Hall–Kier alpha value is -3.41. The molecule has 0 saturated carbocycles. The van der Waals surface area contributed by atoms with E-state index in [2.05, 4.69) is 106 Å². The van der Waals surface area contributed by atoms with Crippen LogP contribution in [0.1, 0.15) is 316 Å². The number of hydrogen-bond donors (Lipinski definition) is 0. The summed E-state index contributed by atoms with van der Waals surface area (Å²) in [6.07, 6.45) is 83.1. The normalized spacial score (nSPS) is 12.6. The molecule has 0 aromatic carbocycles. The molecule has 75 heavy (non-hydrogen) atoms. The molecule has 6 heteroatoms. The van der Waals surface area contributed by atoms with Crippen molar-refractivity contribution in [3.05, 3.63) is 85.1 Å². The number of rotatable bonds is 58. The monoisotopic (exact) mass is 1040 g/mol. The SMILES string of the molecule is CC/C=C\C/C=C\C/C=C\C/C=C\C/C=C\CCCCCCCCCC(=O)OCC(COC(=O)CCCCCCC/C=C\CCCC)OC(=O)CCCCCCCCCCCCC/C=C\CCCCCCCCCC. The second-order valence-electron chi connectivity index (χ2n) is 21.3. The Morgan fingerprint density at radius 1 is 0.280 bits per heavy atom. The third kappa shape index (κ3) is 61.3. The highest BCUT2D eigenvalue weighted by atomic mass is 16.6. The maximum atomic E-state index is 12.9. The molecule has 0 heterocycles. The first-order valence-electron chi connectivity index (χ1n) is 32.1. The van der Waals surface area contributed by atoms with Crippen molar-refractivity contribution in [2.24, 2.45) is 0 Å². The van der Waals surface area contributed by atoms with E-state index in [1.165, 1.54) is 173 Å². The highest BCUT2D eigenvalue weighted by Gasteiger charge is 2.19. The van der Waals surface area contributed by atoms with E-state index < -0.39 is 6.10 Å². The Morgan fingerprint density at radius 3 is 0.867 bits per heavy atom. The third-order valence-electron chi connectivity index (χ3n) is 13.9. The fourth-order valence-corrected chi connectivity index (χ4v) is 9.03. The van der Waals surface area contributed by atoms with E-state index in [1.807, 2.05) is 0 Å². The van der Waals surface area contributed by atoms with Crippen LogP contribution in [0.3, 0.4) is 0 Å². The molecule has 6 nitrogen and oxygen atoms in total. The van der Waals surface area contributed by atoms with Crippen LogP contribution in [0.5, 0.6) is 0 Å². The zero-order valence-electron chi connectivity index (χ0n) is 49.6. The second kappa shape index (κ2) is 63.1. The first kappa shape index (κ1) is 71.6. The fourth-order valence-electron chi connectivity index (χ4n) is 9.03. The molecule has 0 aliphatic heterocycles. The van der Waals surface area contributed by atoms with Crippen LogP contribution in [-0.2, 0) is 28.6 Å². The Kier molecular flexibility index (Phi) is 60.3. The Morgan fingerprint density at radius 2 is 0.533 bits per heavy atom. The van der Waals surface area contributed by atoms with Gasteiger partial charge in [0.25, 0.3) is 0 Å². The summed E-state index contributed by atoms with van der Waals surface area (Å²) in [5, 5.41) is 0. The van der Waals surface area contributed by atoms with Gasteiger partial charge in [-0.05, 0) is 109 Å². The van der Waals surface area contributed by atoms with E-state index in [0.717, 1.165) is 103 Å². The quantitative estimate of drug-likeness (QED) is 0.0261. The van der Waals surface area contributed by atoms with Gasteiger partial charge in [0.15, 0.2) is 6.10 Å². The molecule has 0 aliphatic carbocycles. The Balaban J connectivity index is 4.30. The van der Waals surface area contributed by atoms with Gasteiger partial charge in [-0.3, -0.25) is 14.4 Å². The second-order valence-corrected chi connectivity index (χ2v) is 21.3. The number of hydrogen-bond acceptors (Lipinski definition) is 6. The number of allylic oxidation sites excluding steroid dienone is 14. The van der Waals surface area contributed by atoms with Crippen LogP contribution in [0.25, 0.3) is 0 Å². The van der Waals surface area contributed by atoms with Crippen molar-refractivity contribution in [3.8, 4) is 0 Å². The molecule has 432 valence electrons. The van der Waals surface area contributed by atoms with Crippen LogP contribution in [0, 0.1) is 0 Å². The molecule has 0 rings (SSSR count). The van der Waals surface area contributed by atoms with Gasteiger partial charge >= 0.3 is 17.9 Å². The maximum Gasteiger partial charge on any atom is 0.306 e. The molecule has 0 N–H and O–H groups in total. The standard InChI is InChI=1S/C69H120O6/c1-4-7-10-13-16-19-22-24-26-28-30-32-34-36-38-40-42-44-47-50-53-56-59-62-68(71)74-65-66(64-73-67(70)61-58-55-52-49-46-21-18-15-12-9-6-3)75-69(72)63-60-57-54-51-48-45-43-41-39-37-35-33-31-29-27-25-23-20-17-14-11-8-5-2/h7,10,15-16,18-19,24,26,29-32,36,38,66H,4-6,8-9,11-14,17,20-23,25,27-28,33-35,37,39-65H2,1-3H3/b10-7-,18-15-,19-16-,26-24-,31-29-,32-30-,38-36-. The molecule has 0 spiro atoms. The van der Waals surface area contributed by atoms with Crippen LogP contribution in [-0.4, -0.2) is 37.2 Å². The van der Waals surface area contributed by atoms with Crippen molar-refractivity contribution in [1.29, 1.82) is 0 Å². The molecule has 0 fully saturated rings. The van der Waals surface area contributed by atoms with E-state index in [4.69, 9.17) is 14.2 Å². The van der Waals surface area contributed by atoms with Crippen molar-refractivity contribution in [2.45, 2.75) is 322 Å². The van der Waals surface area contributed by atoms with E-state index in [-0.39, 0.29) is 31.1 Å². The molecular weight excluding hydrogens is 925 g/mol. The molecule has 0 bridgehead atoms. The topological polar surface area (TPSA) is 78.9 Å². The largest absolute Gasteiger partial charge is 0.462 e. The van der Waals surface area contributed by atoms with Crippen molar-refractivity contribution in [1.82, 2.24) is 0 Å². The average Bonchev–Trinajstić information content (AvgIpc) is 3.41. The summed E-state index contributed by atoms with van der Waals surface area (Å²) in [5.74, 6) is -0.894. The summed E-state index contributed by atoms with van der Waals surface area (Å²) in [6, 6.07) is 0. The molecular formula is C69H120O6. The third-order valence-corrected chi connectivity index (χ3v) is 13.9. The summed E-state index contributed by atoms with van der Waals surface area (Å²) >= 11 is 0. The van der Waals surface area contributed by atoms with Crippen molar-refractivity contribution >= 4 is 17.9 Å². The summed E-state index contributed by atoms with van der Waals surface area (Å²) in [5.41, 5.74) is 0. The smallest absolute Gasteiger partial charge is 0.306 e. The van der Waals surface area contributed by atoms with Crippen molar-refractivity contribution in [2.75, 3.05) is 13.2 Å². The predicted molar refractivity (Wildman–Crippen MR) is 325 cm³/mol. The number of carbonyl (C=O) groups excluding carboxylic acids is 3. The van der Waals surface area contributed by atoms with Gasteiger partial charge in [-0.25, -0.2) is 0 Å². The predicted octanol–water partition coefficient (Wildman–Crippen LogP) is 21.9. The van der Waals surface area contributed by atoms with E-state index in [9.17, 15) is 14.4 Å². The molecule has 0 aliphatic rings. The lowest BCUT2D eigenvalue weighted by Crippen LogP contribution is -2.30. The van der Waals surface area contributed by atoms with Crippen molar-refractivity contribution in [3.63, 3.8) is 0 Å². The van der Waals surface area contributed by atoms with Gasteiger partial charge in [-0.15, -0.1) is 0 Å². The van der Waals surface area contributed by atoms with Crippen LogP contribution in [0.4, 0.5) is 0 Å². The molecule has 1 unspecified atom stereocenters. The molecule has 1 atom stereocenters. The molecule has 0 aromatic rings. The van der Waals surface area contributed by atoms with E-state index >= 15 is 0 Å². The van der Waals surface area contributed by atoms with Crippen LogP contribution >= 0.6 is 0 Å². The van der Waals surface area contributed by atoms with Crippen LogP contribution in [0.2, 0.25) is 0 Å². The first-order chi connectivity index (χ1) is 37.0. The van der Waals surface area contributed by atoms with Crippen LogP contribution < -0.4 is 0 Å². The lowest BCUT2D eigenvalue weighted by molar-refractivity contribution is -0.167. The molecule has 0 amide bonds. The van der Waals surface area contributed by atoms with Gasteiger partial charge in [-0.2, -0.15) is 0 Å². The fraction of sp³-hybridized carbons (Fsp3) is 0.754.